The second kappa shape index (κ2) is 5.30. The van der Waals surface area contributed by atoms with Crippen molar-refractivity contribution < 1.29 is 4.74 Å². The maximum absolute atomic E-state index is 5.67. The lowest BCUT2D eigenvalue weighted by atomic mass is 10.00. The van der Waals surface area contributed by atoms with E-state index >= 15 is 0 Å². The summed E-state index contributed by atoms with van der Waals surface area (Å²) in [5.41, 5.74) is 1.06. The third-order valence-electron chi connectivity index (χ3n) is 3.18. The normalized spacial score (nSPS) is 24.6. The third kappa shape index (κ3) is 2.73. The third-order valence-corrected chi connectivity index (χ3v) is 3.18. The van der Waals surface area contributed by atoms with Gasteiger partial charge < -0.3 is 10.1 Å². The highest BCUT2D eigenvalue weighted by Crippen LogP contribution is 2.23. The molecular formula is C13H20N2O. The molecule has 1 aromatic rings. The predicted octanol–water partition coefficient (Wildman–Crippen LogP) is 2.62. The van der Waals surface area contributed by atoms with Gasteiger partial charge in [-0.3, -0.25) is 0 Å². The van der Waals surface area contributed by atoms with Crippen molar-refractivity contribution in [1.82, 2.24) is 4.98 Å². The van der Waals surface area contributed by atoms with Gasteiger partial charge in [-0.15, -0.1) is 0 Å². The summed E-state index contributed by atoms with van der Waals surface area (Å²) in [5.74, 6) is 1.61. The molecular weight excluding hydrogens is 200 g/mol. The number of aromatic nitrogens is 1. The number of pyridine rings is 1. The first kappa shape index (κ1) is 11.4. The van der Waals surface area contributed by atoms with Gasteiger partial charge >= 0.3 is 0 Å². The summed E-state index contributed by atoms with van der Waals surface area (Å²) in [6, 6.07) is 6.07. The molecule has 0 aromatic carbocycles. The molecule has 1 saturated heterocycles. The number of hydrogen-bond donors (Lipinski definition) is 1. The van der Waals surface area contributed by atoms with Crippen LogP contribution < -0.4 is 5.32 Å². The number of aryl methyl sites for hydroxylation is 1. The molecule has 0 aliphatic carbocycles. The molecule has 2 atom stereocenters. The van der Waals surface area contributed by atoms with Gasteiger partial charge in [-0.05, 0) is 31.9 Å². The zero-order valence-corrected chi connectivity index (χ0v) is 10.1. The highest BCUT2D eigenvalue weighted by Gasteiger charge is 2.26. The molecule has 3 nitrogen and oxygen atoms in total. The number of anilines is 1. The minimum atomic E-state index is 0.428. The second-order valence-corrected chi connectivity index (χ2v) is 4.41. The fraction of sp³-hybridized carbons (Fsp3) is 0.615. The first-order chi connectivity index (χ1) is 7.79. The lowest BCUT2D eigenvalue weighted by molar-refractivity contribution is 0.0900. The van der Waals surface area contributed by atoms with Gasteiger partial charge in [0.25, 0.3) is 0 Å². The largest absolute Gasteiger partial charge is 0.378 e. The Bertz CT molecular complexity index is 340. The molecule has 2 rings (SSSR count). The summed E-state index contributed by atoms with van der Waals surface area (Å²) in [4.78, 5) is 4.43. The van der Waals surface area contributed by atoms with Crippen LogP contribution in [-0.2, 0) is 4.74 Å². The fourth-order valence-electron chi connectivity index (χ4n) is 2.25. The summed E-state index contributed by atoms with van der Waals surface area (Å²) in [7, 11) is 0. The van der Waals surface area contributed by atoms with Crippen molar-refractivity contribution in [2.75, 3.05) is 18.5 Å². The smallest absolute Gasteiger partial charge is 0.126 e. The average Bonchev–Trinajstić information content (AvgIpc) is 2.74. The van der Waals surface area contributed by atoms with Crippen LogP contribution in [-0.4, -0.2) is 24.2 Å². The highest BCUT2D eigenvalue weighted by atomic mass is 16.5. The minimum Gasteiger partial charge on any atom is -0.378 e. The summed E-state index contributed by atoms with van der Waals surface area (Å²) < 4.78 is 5.67. The lowest BCUT2D eigenvalue weighted by Gasteiger charge is -2.17. The van der Waals surface area contributed by atoms with Crippen molar-refractivity contribution in [2.24, 2.45) is 5.92 Å². The van der Waals surface area contributed by atoms with Crippen LogP contribution in [0.1, 0.15) is 25.5 Å². The van der Waals surface area contributed by atoms with Gasteiger partial charge in [0, 0.05) is 24.8 Å². The van der Waals surface area contributed by atoms with E-state index in [0.29, 0.717) is 12.0 Å². The average molecular weight is 220 g/mol. The fourth-order valence-corrected chi connectivity index (χ4v) is 2.25. The number of rotatable bonds is 4. The van der Waals surface area contributed by atoms with Gasteiger partial charge in [-0.25, -0.2) is 4.98 Å². The van der Waals surface area contributed by atoms with E-state index in [1.54, 1.807) is 0 Å². The Morgan fingerprint density at radius 2 is 2.38 bits per heavy atom. The summed E-state index contributed by atoms with van der Waals surface area (Å²) in [6.45, 7) is 6.08. The standard InChI is InChI=1S/C13H20N2O/c1-3-12-11(7-8-16-12)9-14-13-6-4-5-10(2)15-13/h4-6,11-12H,3,7-9H2,1-2H3,(H,14,15). The van der Waals surface area contributed by atoms with Crippen LogP contribution >= 0.6 is 0 Å². The van der Waals surface area contributed by atoms with E-state index in [1.807, 2.05) is 25.1 Å². The van der Waals surface area contributed by atoms with Gasteiger partial charge in [0.05, 0.1) is 6.10 Å². The van der Waals surface area contributed by atoms with Crippen molar-refractivity contribution in [3.63, 3.8) is 0 Å². The zero-order chi connectivity index (χ0) is 11.4. The summed E-state index contributed by atoms with van der Waals surface area (Å²) in [5, 5.41) is 3.40. The van der Waals surface area contributed by atoms with Gasteiger partial charge in [0.1, 0.15) is 5.82 Å². The number of hydrogen-bond acceptors (Lipinski definition) is 3. The predicted molar refractivity (Wildman–Crippen MR) is 65.6 cm³/mol. The van der Waals surface area contributed by atoms with Crippen LogP contribution in [0.2, 0.25) is 0 Å². The Morgan fingerprint density at radius 1 is 1.50 bits per heavy atom. The Balaban J connectivity index is 1.87. The number of nitrogens with zero attached hydrogens (tertiary/aromatic N) is 1. The minimum absolute atomic E-state index is 0.428. The molecule has 1 fully saturated rings. The van der Waals surface area contributed by atoms with E-state index in [-0.39, 0.29) is 0 Å². The van der Waals surface area contributed by atoms with Gasteiger partial charge in [-0.2, -0.15) is 0 Å². The molecule has 16 heavy (non-hydrogen) atoms. The molecule has 1 aromatic heterocycles. The maximum atomic E-state index is 5.67. The van der Waals surface area contributed by atoms with Gasteiger partial charge in [0.15, 0.2) is 0 Å². The molecule has 2 unspecified atom stereocenters. The van der Waals surface area contributed by atoms with Crippen LogP contribution in [0.4, 0.5) is 5.82 Å². The van der Waals surface area contributed by atoms with Crippen LogP contribution in [0.15, 0.2) is 18.2 Å². The molecule has 3 heteroatoms. The zero-order valence-electron chi connectivity index (χ0n) is 10.1. The second-order valence-electron chi connectivity index (χ2n) is 4.41. The quantitative estimate of drug-likeness (QED) is 0.847. The summed E-state index contributed by atoms with van der Waals surface area (Å²) in [6.07, 6.45) is 2.70. The van der Waals surface area contributed by atoms with E-state index in [4.69, 9.17) is 4.74 Å². The van der Waals surface area contributed by atoms with E-state index in [9.17, 15) is 0 Å². The topological polar surface area (TPSA) is 34.1 Å². The van der Waals surface area contributed by atoms with Crippen molar-refractivity contribution >= 4 is 5.82 Å². The van der Waals surface area contributed by atoms with Crippen molar-refractivity contribution in [2.45, 2.75) is 32.8 Å². The molecule has 1 N–H and O–H groups in total. The maximum Gasteiger partial charge on any atom is 0.126 e. The molecule has 0 radical (unpaired) electrons. The number of nitrogens with one attached hydrogen (secondary N) is 1. The molecule has 1 aliphatic heterocycles. The van der Waals surface area contributed by atoms with Gasteiger partial charge in [-0.1, -0.05) is 13.0 Å². The van der Waals surface area contributed by atoms with Crippen LogP contribution in [0, 0.1) is 12.8 Å². The van der Waals surface area contributed by atoms with Crippen molar-refractivity contribution in [3.05, 3.63) is 23.9 Å². The Kier molecular flexibility index (Phi) is 3.78. The summed E-state index contributed by atoms with van der Waals surface area (Å²) >= 11 is 0. The highest BCUT2D eigenvalue weighted by molar-refractivity contribution is 5.35. The van der Waals surface area contributed by atoms with Crippen molar-refractivity contribution in [1.29, 1.82) is 0 Å². The van der Waals surface area contributed by atoms with E-state index < -0.39 is 0 Å². The molecule has 2 heterocycles. The molecule has 0 amide bonds. The Labute approximate surface area is 97.2 Å². The molecule has 0 saturated carbocycles. The molecule has 0 bridgehead atoms. The van der Waals surface area contributed by atoms with Crippen LogP contribution in [0.25, 0.3) is 0 Å². The van der Waals surface area contributed by atoms with Gasteiger partial charge in [0.2, 0.25) is 0 Å². The number of ether oxygens (including phenoxy) is 1. The van der Waals surface area contributed by atoms with E-state index in [2.05, 4.69) is 17.2 Å². The monoisotopic (exact) mass is 220 g/mol. The Morgan fingerprint density at radius 3 is 3.12 bits per heavy atom. The van der Waals surface area contributed by atoms with Crippen molar-refractivity contribution in [3.8, 4) is 0 Å². The first-order valence-electron chi connectivity index (χ1n) is 6.08. The SMILES string of the molecule is CCC1OCCC1CNc1cccc(C)n1. The van der Waals surface area contributed by atoms with E-state index in [0.717, 1.165) is 37.5 Å². The molecule has 1 aliphatic rings. The first-order valence-corrected chi connectivity index (χ1v) is 6.08. The molecule has 88 valence electrons. The van der Waals surface area contributed by atoms with Crippen LogP contribution in [0.5, 0.6) is 0 Å². The van der Waals surface area contributed by atoms with E-state index in [1.165, 1.54) is 0 Å². The lowest BCUT2D eigenvalue weighted by Crippen LogP contribution is -2.23. The molecule has 0 spiro atoms. The van der Waals surface area contributed by atoms with Crippen LogP contribution in [0.3, 0.4) is 0 Å². The Hall–Kier alpha value is -1.09.